The van der Waals surface area contributed by atoms with Crippen molar-refractivity contribution in [3.05, 3.63) is 11.6 Å². The molecule has 0 aromatic heterocycles. The van der Waals surface area contributed by atoms with Gasteiger partial charge in [0.15, 0.2) is 0 Å². The molecule has 144 valence electrons. The molecule has 0 N–H and O–H groups in total. The van der Waals surface area contributed by atoms with Gasteiger partial charge in [0.2, 0.25) is 0 Å². The fraction of sp³-hybridized carbons (Fsp3) is 0.864. The molecule has 0 spiro atoms. The molecule has 6 bridgehead atoms. The number of nitrogens with zero attached hydrogens (tertiary/aromatic N) is 1. The Morgan fingerprint density at radius 2 is 1.73 bits per heavy atom. The van der Waals surface area contributed by atoms with Crippen molar-refractivity contribution in [1.29, 1.82) is 0 Å². The first kappa shape index (κ1) is 17.1. The van der Waals surface area contributed by atoms with Crippen LogP contribution in [0.15, 0.2) is 11.6 Å². The lowest BCUT2D eigenvalue weighted by Crippen LogP contribution is -2.58. The first-order chi connectivity index (χ1) is 12.4. The molecule has 0 radical (unpaired) electrons. The van der Waals surface area contributed by atoms with E-state index in [0.717, 1.165) is 36.0 Å². The lowest BCUT2D eigenvalue weighted by molar-refractivity contribution is -0.0617. The molecule has 4 nitrogen and oxygen atoms in total. The quantitative estimate of drug-likeness (QED) is 0.652. The molecule has 26 heavy (non-hydrogen) atoms. The lowest BCUT2D eigenvalue weighted by atomic mass is 9.50. The van der Waals surface area contributed by atoms with Crippen molar-refractivity contribution in [2.24, 2.45) is 29.6 Å². The molecule has 4 saturated carbocycles. The summed E-state index contributed by atoms with van der Waals surface area (Å²) in [7, 11) is 0. The molecule has 0 aromatic rings. The van der Waals surface area contributed by atoms with Crippen LogP contribution in [0.1, 0.15) is 59.3 Å². The van der Waals surface area contributed by atoms with Crippen LogP contribution in [0.5, 0.6) is 0 Å². The maximum absolute atomic E-state index is 12.8. The Balaban J connectivity index is 1.38. The minimum absolute atomic E-state index is 0.0598. The second kappa shape index (κ2) is 5.98. The van der Waals surface area contributed by atoms with Crippen LogP contribution in [0.3, 0.4) is 0 Å². The minimum Gasteiger partial charge on any atom is -0.444 e. The summed E-state index contributed by atoms with van der Waals surface area (Å²) in [5, 5.41) is 0. The van der Waals surface area contributed by atoms with Crippen molar-refractivity contribution in [3.8, 4) is 0 Å². The van der Waals surface area contributed by atoms with E-state index in [1.54, 1.807) is 5.57 Å². The zero-order valence-electron chi connectivity index (χ0n) is 16.4. The molecular formula is C22H33NO3. The predicted octanol–water partition coefficient (Wildman–Crippen LogP) is 4.39. The molecule has 6 rings (SSSR count). The third kappa shape index (κ3) is 2.89. The van der Waals surface area contributed by atoms with Crippen molar-refractivity contribution in [2.75, 3.05) is 13.2 Å². The van der Waals surface area contributed by atoms with Crippen LogP contribution in [-0.2, 0) is 9.47 Å². The lowest BCUT2D eigenvalue weighted by Gasteiger charge is -2.56. The summed E-state index contributed by atoms with van der Waals surface area (Å²) >= 11 is 0. The highest BCUT2D eigenvalue weighted by atomic mass is 16.6. The maximum Gasteiger partial charge on any atom is 0.411 e. The van der Waals surface area contributed by atoms with Gasteiger partial charge >= 0.3 is 6.09 Å². The number of fused-ring (bicyclic) bond motifs is 2. The first-order valence-electron chi connectivity index (χ1n) is 10.7. The van der Waals surface area contributed by atoms with Crippen molar-refractivity contribution in [1.82, 2.24) is 4.90 Å². The van der Waals surface area contributed by atoms with Gasteiger partial charge in [-0.25, -0.2) is 4.79 Å². The largest absolute Gasteiger partial charge is 0.444 e. The molecule has 4 aliphatic carbocycles. The minimum atomic E-state index is -0.447. The highest BCUT2D eigenvalue weighted by Crippen LogP contribution is 2.59. The van der Waals surface area contributed by atoms with E-state index in [1.807, 2.05) is 25.7 Å². The van der Waals surface area contributed by atoms with Gasteiger partial charge in [0, 0.05) is 0 Å². The SMILES string of the molecule is CC(C)(C)OC(=O)N1C2C=C(C3C4CC5CC(C4)CC3C5)CC1COC2. The van der Waals surface area contributed by atoms with Crippen molar-refractivity contribution < 1.29 is 14.3 Å². The molecule has 4 heteroatoms. The summed E-state index contributed by atoms with van der Waals surface area (Å²) in [6.45, 7) is 7.09. The summed E-state index contributed by atoms with van der Waals surface area (Å²) in [4.78, 5) is 14.7. The highest BCUT2D eigenvalue weighted by Gasteiger charge is 2.51. The number of carbonyl (C=O) groups excluding carboxylic acids is 1. The average molecular weight is 360 g/mol. The number of rotatable bonds is 1. The summed E-state index contributed by atoms with van der Waals surface area (Å²) in [5.41, 5.74) is 1.20. The Hall–Kier alpha value is -1.03. The molecule has 2 aliphatic heterocycles. The van der Waals surface area contributed by atoms with Gasteiger partial charge in [-0.3, -0.25) is 4.90 Å². The van der Waals surface area contributed by atoms with Gasteiger partial charge in [-0.2, -0.15) is 0 Å². The topological polar surface area (TPSA) is 38.8 Å². The molecule has 1 saturated heterocycles. The molecule has 2 unspecified atom stereocenters. The van der Waals surface area contributed by atoms with Crippen molar-refractivity contribution >= 4 is 6.09 Å². The predicted molar refractivity (Wildman–Crippen MR) is 99.7 cm³/mol. The Bertz CT molecular complexity index is 591. The Labute approximate surface area is 157 Å². The molecule has 1 amide bonds. The van der Waals surface area contributed by atoms with E-state index in [0.29, 0.717) is 13.2 Å². The number of carbonyl (C=O) groups is 1. The van der Waals surface area contributed by atoms with Crippen LogP contribution < -0.4 is 0 Å². The molecule has 0 aromatic carbocycles. The van der Waals surface area contributed by atoms with E-state index < -0.39 is 5.60 Å². The second-order valence-electron chi connectivity index (χ2n) is 10.5. The Morgan fingerprint density at radius 3 is 2.31 bits per heavy atom. The van der Waals surface area contributed by atoms with Gasteiger partial charge in [0.25, 0.3) is 0 Å². The smallest absolute Gasteiger partial charge is 0.411 e. The highest BCUT2D eigenvalue weighted by molar-refractivity contribution is 5.70. The van der Waals surface area contributed by atoms with Gasteiger partial charge in [0.1, 0.15) is 5.60 Å². The van der Waals surface area contributed by atoms with Crippen LogP contribution in [0, 0.1) is 29.6 Å². The fourth-order valence-electron chi connectivity index (χ4n) is 7.01. The van der Waals surface area contributed by atoms with Crippen LogP contribution in [0.2, 0.25) is 0 Å². The monoisotopic (exact) mass is 359 g/mol. The van der Waals surface area contributed by atoms with Crippen molar-refractivity contribution in [3.63, 3.8) is 0 Å². The van der Waals surface area contributed by atoms with Gasteiger partial charge in [-0.1, -0.05) is 11.6 Å². The Kier molecular flexibility index (Phi) is 3.93. The zero-order valence-corrected chi connectivity index (χ0v) is 16.4. The normalized spacial score (nSPS) is 44.0. The van der Waals surface area contributed by atoms with E-state index >= 15 is 0 Å². The second-order valence-corrected chi connectivity index (χ2v) is 10.5. The van der Waals surface area contributed by atoms with Gasteiger partial charge < -0.3 is 9.47 Å². The van der Waals surface area contributed by atoms with E-state index in [2.05, 4.69) is 6.08 Å². The van der Waals surface area contributed by atoms with E-state index in [4.69, 9.17) is 9.47 Å². The first-order valence-corrected chi connectivity index (χ1v) is 10.7. The number of morpholine rings is 1. The van der Waals surface area contributed by atoms with Gasteiger partial charge in [-0.05, 0) is 88.9 Å². The summed E-state index contributed by atoms with van der Waals surface area (Å²) in [6, 6.07) is 0.213. The zero-order chi connectivity index (χ0) is 18.1. The number of ether oxygens (including phenoxy) is 2. The summed E-state index contributed by atoms with van der Waals surface area (Å²) < 4.78 is 11.5. The van der Waals surface area contributed by atoms with Gasteiger partial charge in [-0.15, -0.1) is 0 Å². The number of hydrogen-bond donors (Lipinski definition) is 0. The van der Waals surface area contributed by atoms with E-state index in [1.165, 1.54) is 32.1 Å². The van der Waals surface area contributed by atoms with E-state index in [9.17, 15) is 4.79 Å². The van der Waals surface area contributed by atoms with Crippen LogP contribution in [0.25, 0.3) is 0 Å². The van der Waals surface area contributed by atoms with Crippen LogP contribution >= 0.6 is 0 Å². The number of amides is 1. The standard InChI is InChI=1S/C22H33NO3/c1-22(2,3)26-21(24)23-18-9-17(10-19(23)12-25-11-18)20-15-5-13-4-14(7-15)8-16(20)6-13/h9,13-16,18-20H,4-8,10-12H2,1-3H3. The van der Waals surface area contributed by atoms with Crippen molar-refractivity contribution in [2.45, 2.75) is 77.0 Å². The average Bonchev–Trinajstić information content (AvgIpc) is 2.51. The van der Waals surface area contributed by atoms with E-state index in [-0.39, 0.29) is 18.2 Å². The van der Waals surface area contributed by atoms with Gasteiger partial charge in [0.05, 0.1) is 25.3 Å². The molecular weight excluding hydrogens is 326 g/mol. The fourth-order valence-corrected chi connectivity index (χ4v) is 7.01. The molecule has 2 atom stereocenters. The number of hydrogen-bond acceptors (Lipinski definition) is 3. The summed E-state index contributed by atoms with van der Waals surface area (Å²) in [6.07, 6.45) is 10.5. The third-order valence-corrected chi connectivity index (χ3v) is 7.49. The molecule has 5 fully saturated rings. The maximum atomic E-state index is 12.8. The third-order valence-electron chi connectivity index (χ3n) is 7.49. The van der Waals surface area contributed by atoms with Crippen LogP contribution in [-0.4, -0.2) is 41.9 Å². The van der Waals surface area contributed by atoms with Crippen LogP contribution in [0.4, 0.5) is 4.79 Å². The molecule has 6 aliphatic rings. The summed E-state index contributed by atoms with van der Waals surface area (Å²) in [5.74, 6) is 4.63. The Morgan fingerprint density at radius 1 is 1.08 bits per heavy atom. The molecule has 2 heterocycles.